The number of aliphatic hydroxyl groups is 1. The fourth-order valence-corrected chi connectivity index (χ4v) is 4.11. The summed E-state index contributed by atoms with van der Waals surface area (Å²) in [5.74, 6) is -3.66. The van der Waals surface area contributed by atoms with Gasteiger partial charge in [-0.2, -0.15) is 12.7 Å². The van der Waals surface area contributed by atoms with Gasteiger partial charge >= 0.3 is 0 Å². The minimum Gasteiger partial charge on any atom is -0.379 e. The van der Waals surface area contributed by atoms with Crippen LogP contribution < -0.4 is 20.8 Å². The molecule has 1 aromatic carbocycles. The van der Waals surface area contributed by atoms with Crippen molar-refractivity contribution in [3.63, 3.8) is 0 Å². The molecule has 3 amide bonds. The lowest BCUT2D eigenvalue weighted by molar-refractivity contribution is -0.159. The van der Waals surface area contributed by atoms with Crippen LogP contribution in [0, 0.1) is 5.92 Å². The predicted octanol–water partition coefficient (Wildman–Crippen LogP) is -0.711. The maximum atomic E-state index is 13.1. The highest BCUT2D eigenvalue weighted by molar-refractivity contribution is 7.87. The van der Waals surface area contributed by atoms with Crippen molar-refractivity contribution >= 4 is 27.9 Å². The van der Waals surface area contributed by atoms with E-state index in [0.29, 0.717) is 12.8 Å². The molecule has 3 atom stereocenters. The Hall–Kier alpha value is -2.58. The van der Waals surface area contributed by atoms with Crippen molar-refractivity contribution in [3.05, 3.63) is 35.9 Å². The molecule has 35 heavy (non-hydrogen) atoms. The summed E-state index contributed by atoms with van der Waals surface area (Å²) in [6.45, 7) is 1.16. The summed E-state index contributed by atoms with van der Waals surface area (Å²) in [4.78, 5) is 37.6. The molecule has 0 saturated heterocycles. The van der Waals surface area contributed by atoms with Gasteiger partial charge in [-0.25, -0.2) is 10.2 Å². The molecule has 0 unspecified atom stereocenters. The summed E-state index contributed by atoms with van der Waals surface area (Å²) < 4.78 is 27.0. The third kappa shape index (κ3) is 9.53. The van der Waals surface area contributed by atoms with Crippen LogP contribution >= 0.6 is 0 Å². The number of carbonyl (C=O) groups excluding carboxylic acids is 3. The van der Waals surface area contributed by atoms with E-state index in [9.17, 15) is 27.9 Å². The average molecular weight is 516 g/mol. The van der Waals surface area contributed by atoms with Gasteiger partial charge in [0.05, 0.1) is 5.92 Å². The first-order valence-corrected chi connectivity index (χ1v) is 12.7. The Labute approximate surface area is 206 Å². The molecule has 12 nitrogen and oxygen atoms in total. The van der Waals surface area contributed by atoms with E-state index >= 15 is 0 Å². The Morgan fingerprint density at radius 1 is 1.06 bits per heavy atom. The molecule has 6 N–H and O–H groups in total. The van der Waals surface area contributed by atoms with Crippen LogP contribution in [0.5, 0.6) is 0 Å². The predicted molar refractivity (Wildman–Crippen MR) is 129 cm³/mol. The summed E-state index contributed by atoms with van der Waals surface area (Å²) in [6, 6.07) is 8.43. The molecule has 1 aromatic rings. The van der Waals surface area contributed by atoms with E-state index in [2.05, 4.69) is 15.4 Å². The Morgan fingerprint density at radius 3 is 2.23 bits per heavy atom. The normalized spacial score (nSPS) is 15.1. The van der Waals surface area contributed by atoms with E-state index in [4.69, 9.17) is 5.21 Å². The van der Waals surface area contributed by atoms with Gasteiger partial charge in [0, 0.05) is 27.7 Å². The molecule has 0 spiro atoms. The first-order chi connectivity index (χ1) is 16.4. The van der Waals surface area contributed by atoms with Crippen LogP contribution in [0.2, 0.25) is 0 Å². The summed E-state index contributed by atoms with van der Waals surface area (Å²) in [6.07, 6.45) is 1.48. The number of hydrogen-bond acceptors (Lipinski definition) is 7. The average Bonchev–Trinajstić information content (AvgIpc) is 2.82. The first kappa shape index (κ1) is 30.5. The van der Waals surface area contributed by atoms with Crippen molar-refractivity contribution in [2.45, 2.75) is 50.7 Å². The number of hydroxylamine groups is 1. The number of hydrogen-bond donors (Lipinski definition) is 6. The van der Waals surface area contributed by atoms with E-state index in [1.165, 1.54) is 26.6 Å². The molecule has 0 bridgehead atoms. The quantitative estimate of drug-likeness (QED) is 0.101. The van der Waals surface area contributed by atoms with Gasteiger partial charge in [-0.1, -0.05) is 30.3 Å². The topological polar surface area (TPSA) is 177 Å². The summed E-state index contributed by atoms with van der Waals surface area (Å²) in [5, 5.41) is 24.8. The molecule has 0 saturated carbocycles. The number of rotatable bonds is 15. The van der Waals surface area contributed by atoms with Gasteiger partial charge in [0.25, 0.3) is 16.1 Å². The number of benzene rings is 1. The van der Waals surface area contributed by atoms with E-state index < -0.39 is 45.5 Å². The number of aryl methyl sites for hydroxylation is 1. The zero-order valence-electron chi connectivity index (χ0n) is 20.6. The minimum atomic E-state index is -3.63. The van der Waals surface area contributed by atoms with Crippen LogP contribution in [0.3, 0.4) is 0 Å². The molecule has 0 radical (unpaired) electrons. The van der Waals surface area contributed by atoms with Crippen LogP contribution in [0.15, 0.2) is 30.3 Å². The van der Waals surface area contributed by atoms with Gasteiger partial charge in [0.15, 0.2) is 5.60 Å². The van der Waals surface area contributed by atoms with Crippen LogP contribution in [-0.4, -0.2) is 80.1 Å². The van der Waals surface area contributed by atoms with Gasteiger partial charge in [-0.3, -0.25) is 19.6 Å². The van der Waals surface area contributed by atoms with Crippen LogP contribution in [-0.2, 0) is 31.0 Å². The SMILES string of the molecule is CNC(=O)[C@H](CCCNS(=O)(=O)N(C)C)NC(=O)[C@H](CCCc1ccccc1)[C@@](C)(O)C(=O)NO. The van der Waals surface area contributed by atoms with Crippen molar-refractivity contribution in [1.29, 1.82) is 0 Å². The fraction of sp³-hybridized carbons (Fsp3) is 0.591. The Balaban J connectivity index is 2.91. The molecule has 0 aromatic heterocycles. The minimum absolute atomic E-state index is 0.0367. The second-order valence-electron chi connectivity index (χ2n) is 8.52. The highest BCUT2D eigenvalue weighted by Crippen LogP contribution is 2.24. The molecule has 0 aliphatic rings. The molecule has 198 valence electrons. The van der Waals surface area contributed by atoms with E-state index in [-0.39, 0.29) is 25.8 Å². The maximum absolute atomic E-state index is 13.1. The van der Waals surface area contributed by atoms with E-state index in [1.807, 2.05) is 30.3 Å². The van der Waals surface area contributed by atoms with E-state index in [0.717, 1.165) is 16.8 Å². The van der Waals surface area contributed by atoms with Crippen LogP contribution in [0.1, 0.15) is 38.2 Å². The Kier molecular flexibility index (Phi) is 12.3. The standard InChI is InChI=1S/C22H37N5O7S/c1-22(31,21(30)26-32)17(13-8-12-16-10-6-5-7-11-16)19(28)25-18(20(29)23-2)14-9-15-24-35(33,34)27(3)4/h5-7,10-11,17-18,24,31-32H,8-9,12-15H2,1-4H3,(H,23,29)(H,25,28)(H,26,30)/t17-,18-,22+/m0/s1. The molecule has 1 rings (SSSR count). The smallest absolute Gasteiger partial charge is 0.278 e. The van der Waals surface area contributed by atoms with Crippen LogP contribution in [0.25, 0.3) is 0 Å². The zero-order chi connectivity index (χ0) is 26.6. The largest absolute Gasteiger partial charge is 0.379 e. The van der Waals surface area contributed by atoms with Crippen molar-refractivity contribution < 1.29 is 33.1 Å². The van der Waals surface area contributed by atoms with E-state index in [1.54, 1.807) is 0 Å². The molecule has 0 aliphatic carbocycles. The van der Waals surface area contributed by atoms with Crippen LogP contribution in [0.4, 0.5) is 0 Å². The lowest BCUT2D eigenvalue weighted by Gasteiger charge is -2.31. The zero-order valence-corrected chi connectivity index (χ0v) is 21.4. The van der Waals surface area contributed by atoms with Crippen molar-refractivity contribution in [2.75, 3.05) is 27.7 Å². The number of nitrogens with zero attached hydrogens (tertiary/aromatic N) is 1. The van der Waals surface area contributed by atoms with Gasteiger partial charge in [0.1, 0.15) is 6.04 Å². The second kappa shape index (κ2) is 14.1. The number of likely N-dealkylation sites (N-methyl/N-ethyl adjacent to an activating group) is 1. The summed E-state index contributed by atoms with van der Waals surface area (Å²) in [5.41, 5.74) is 0.153. The first-order valence-electron chi connectivity index (χ1n) is 11.3. The van der Waals surface area contributed by atoms with Gasteiger partial charge in [-0.15, -0.1) is 0 Å². The summed E-state index contributed by atoms with van der Waals surface area (Å²) >= 11 is 0. The Morgan fingerprint density at radius 2 is 1.69 bits per heavy atom. The third-order valence-electron chi connectivity index (χ3n) is 5.67. The van der Waals surface area contributed by atoms with Crippen molar-refractivity contribution in [1.82, 2.24) is 25.1 Å². The highest BCUT2D eigenvalue weighted by atomic mass is 32.2. The molecule has 0 aliphatic heterocycles. The number of carbonyl (C=O) groups is 3. The van der Waals surface area contributed by atoms with Gasteiger partial charge in [-0.05, 0) is 44.6 Å². The lowest BCUT2D eigenvalue weighted by atomic mass is 9.83. The van der Waals surface area contributed by atoms with Gasteiger partial charge < -0.3 is 15.7 Å². The molecule has 0 fully saturated rings. The number of amides is 3. The van der Waals surface area contributed by atoms with Crippen molar-refractivity contribution in [2.24, 2.45) is 5.92 Å². The molecular formula is C22H37N5O7S. The molecular weight excluding hydrogens is 478 g/mol. The maximum Gasteiger partial charge on any atom is 0.278 e. The molecule has 13 heteroatoms. The highest BCUT2D eigenvalue weighted by Gasteiger charge is 2.44. The monoisotopic (exact) mass is 515 g/mol. The lowest BCUT2D eigenvalue weighted by Crippen LogP contribution is -2.56. The Bertz CT molecular complexity index is 939. The summed E-state index contributed by atoms with van der Waals surface area (Å²) in [7, 11) is 0.517. The fourth-order valence-electron chi connectivity index (χ4n) is 3.45. The van der Waals surface area contributed by atoms with Gasteiger partial charge in [0.2, 0.25) is 11.8 Å². The third-order valence-corrected chi connectivity index (χ3v) is 7.20. The van der Waals surface area contributed by atoms with Crippen molar-refractivity contribution in [3.8, 4) is 0 Å². The number of nitrogens with one attached hydrogen (secondary N) is 4. The second-order valence-corrected chi connectivity index (χ2v) is 10.5. The molecule has 0 heterocycles.